The lowest BCUT2D eigenvalue weighted by atomic mass is 9.86. The number of nitrogens with one attached hydrogen (secondary N) is 5. The number of aldehydes is 1. The Labute approximate surface area is 347 Å². The fourth-order valence-electron chi connectivity index (χ4n) is 5.25. The number of unbranched alkanes of at least 4 members (excludes halogenated alkanes) is 1. The van der Waals surface area contributed by atoms with Gasteiger partial charge in [-0.1, -0.05) is 135 Å². The van der Waals surface area contributed by atoms with E-state index in [0.717, 1.165) is 69.6 Å². The van der Waals surface area contributed by atoms with E-state index in [1.807, 2.05) is 37.4 Å². The normalized spacial score (nSPS) is 13.2. The molecule has 0 atom stereocenters. The fourth-order valence-corrected chi connectivity index (χ4v) is 5.25. The molecule has 9 heteroatoms. The zero-order chi connectivity index (χ0) is 43.2. The largest absolute Gasteiger partial charge is 0.397 e. The monoisotopic (exact) mass is 789 g/mol. The van der Waals surface area contributed by atoms with Crippen molar-refractivity contribution in [3.8, 4) is 0 Å². The molecular formula is C48H80N6O3. The summed E-state index contributed by atoms with van der Waals surface area (Å²) in [5, 5.41) is 15.9. The topological polar surface area (TPSA) is 137 Å². The number of hydrogen-bond acceptors (Lipinski definition) is 7. The van der Waals surface area contributed by atoms with E-state index in [1.54, 1.807) is 18.2 Å². The summed E-state index contributed by atoms with van der Waals surface area (Å²) in [5.41, 5.74) is 11.2. The van der Waals surface area contributed by atoms with Crippen LogP contribution in [0.5, 0.6) is 0 Å². The fraction of sp³-hybridized carbons (Fsp3) is 0.562. The summed E-state index contributed by atoms with van der Waals surface area (Å²) in [5.74, 6) is 0.244. The summed E-state index contributed by atoms with van der Waals surface area (Å²) in [6.07, 6.45) is 23.8. The van der Waals surface area contributed by atoms with Gasteiger partial charge >= 0.3 is 0 Å². The molecule has 1 aromatic carbocycles. The van der Waals surface area contributed by atoms with Gasteiger partial charge in [0.15, 0.2) is 0 Å². The minimum Gasteiger partial charge on any atom is -0.397 e. The molecule has 0 unspecified atom stereocenters. The van der Waals surface area contributed by atoms with Crippen LogP contribution in [0.1, 0.15) is 114 Å². The Hall–Kier alpha value is -4.21. The average molecular weight is 789 g/mol. The third kappa shape index (κ3) is 31.6. The van der Waals surface area contributed by atoms with E-state index in [9.17, 15) is 14.4 Å². The Morgan fingerprint density at radius 3 is 2.05 bits per heavy atom. The van der Waals surface area contributed by atoms with Gasteiger partial charge < -0.3 is 32.3 Å². The summed E-state index contributed by atoms with van der Waals surface area (Å²) >= 11 is 0. The average Bonchev–Trinajstić information content (AvgIpc) is 3.38. The van der Waals surface area contributed by atoms with Crippen molar-refractivity contribution in [2.24, 2.45) is 16.2 Å². The van der Waals surface area contributed by atoms with Crippen molar-refractivity contribution in [2.45, 2.75) is 114 Å². The molecular weight excluding hydrogens is 709 g/mol. The van der Waals surface area contributed by atoms with Gasteiger partial charge in [0.25, 0.3) is 0 Å². The Kier molecular flexibility index (Phi) is 27.7. The highest BCUT2D eigenvalue weighted by Crippen LogP contribution is 2.28. The summed E-state index contributed by atoms with van der Waals surface area (Å²) in [4.78, 5) is 33.9. The smallest absolute Gasteiger partial charge is 0.220 e. The molecule has 0 aliphatic heterocycles. The summed E-state index contributed by atoms with van der Waals surface area (Å²) in [7, 11) is 1.85. The Bertz CT molecular complexity index is 1470. The third-order valence-electron chi connectivity index (χ3n) is 8.62. The van der Waals surface area contributed by atoms with E-state index in [0.29, 0.717) is 31.4 Å². The third-order valence-corrected chi connectivity index (χ3v) is 8.62. The molecule has 0 spiro atoms. The number of rotatable bonds is 21. The quantitative estimate of drug-likeness (QED) is 0.0240. The predicted molar refractivity (Wildman–Crippen MR) is 246 cm³/mol. The number of carbonyl (C=O) groups is 3. The van der Waals surface area contributed by atoms with Gasteiger partial charge in [-0.2, -0.15) is 0 Å². The molecule has 1 aliphatic rings. The SMILES string of the molecule is C=C/C=C(C=O)\C=C/CCNC(=O)CCC(C)(C)C.CC(C)(C)CC(=O)NCCCNCCCCNCC1=CC=C(C(C)(C)C)C=CC1.CNc1ccccc1N. The Balaban J connectivity index is 0.000000950. The molecule has 2 amide bonds. The molecule has 0 radical (unpaired) electrons. The van der Waals surface area contributed by atoms with Gasteiger partial charge in [0.05, 0.1) is 11.4 Å². The zero-order valence-corrected chi connectivity index (χ0v) is 37.4. The van der Waals surface area contributed by atoms with E-state index in [-0.39, 0.29) is 28.1 Å². The number of allylic oxidation sites excluding steroid dienone is 9. The first-order chi connectivity index (χ1) is 26.8. The molecule has 7 N–H and O–H groups in total. The zero-order valence-electron chi connectivity index (χ0n) is 37.4. The van der Waals surface area contributed by atoms with Crippen LogP contribution in [0, 0.1) is 16.2 Å². The maximum atomic E-state index is 11.7. The second kappa shape index (κ2) is 29.9. The van der Waals surface area contributed by atoms with Crippen LogP contribution in [0.15, 0.2) is 96.2 Å². The van der Waals surface area contributed by atoms with Gasteiger partial charge in [0.1, 0.15) is 6.29 Å². The summed E-state index contributed by atoms with van der Waals surface area (Å²) in [6, 6.07) is 7.67. The molecule has 9 nitrogen and oxygen atoms in total. The lowest BCUT2D eigenvalue weighted by Crippen LogP contribution is -2.30. The number of para-hydroxylation sites is 2. The van der Waals surface area contributed by atoms with Crippen LogP contribution in [0.4, 0.5) is 11.4 Å². The molecule has 2 rings (SSSR count). The Morgan fingerprint density at radius 2 is 1.47 bits per heavy atom. The van der Waals surface area contributed by atoms with Crippen molar-refractivity contribution < 1.29 is 14.4 Å². The van der Waals surface area contributed by atoms with Gasteiger partial charge in [-0.05, 0) is 92.1 Å². The maximum absolute atomic E-state index is 11.7. The van der Waals surface area contributed by atoms with Crippen LogP contribution in [0.2, 0.25) is 0 Å². The van der Waals surface area contributed by atoms with E-state index in [4.69, 9.17) is 5.73 Å². The first-order valence-corrected chi connectivity index (χ1v) is 20.8. The molecule has 0 aromatic heterocycles. The lowest BCUT2D eigenvalue weighted by molar-refractivity contribution is -0.123. The summed E-state index contributed by atoms with van der Waals surface area (Å²) in [6.45, 7) is 28.3. The molecule has 320 valence electrons. The van der Waals surface area contributed by atoms with Crippen LogP contribution in [0.3, 0.4) is 0 Å². The summed E-state index contributed by atoms with van der Waals surface area (Å²) < 4.78 is 0. The van der Waals surface area contributed by atoms with E-state index in [2.05, 4.69) is 120 Å². The number of hydrogen-bond donors (Lipinski definition) is 6. The van der Waals surface area contributed by atoms with E-state index < -0.39 is 0 Å². The lowest BCUT2D eigenvalue weighted by Gasteiger charge is -2.19. The highest BCUT2D eigenvalue weighted by molar-refractivity contribution is 5.78. The van der Waals surface area contributed by atoms with Crippen molar-refractivity contribution in [3.05, 3.63) is 96.2 Å². The van der Waals surface area contributed by atoms with Gasteiger partial charge in [0.2, 0.25) is 11.8 Å². The number of nitrogens with two attached hydrogens (primary N) is 1. The molecule has 0 fully saturated rings. The maximum Gasteiger partial charge on any atom is 0.220 e. The predicted octanol–water partition coefficient (Wildman–Crippen LogP) is 9.24. The first kappa shape index (κ1) is 52.8. The number of amides is 2. The molecule has 0 bridgehead atoms. The molecule has 0 heterocycles. The molecule has 0 saturated carbocycles. The standard InChI is InChI=1S/C25H45N3O.C16H25NO2.C7H10N2/c1-24(2,3)19-23(29)28-18-10-17-26-15-7-8-16-27-20-21-11-9-12-22(14-13-21)25(4,5)6;1-5-8-14(13-18)9-6-7-12-17-15(19)10-11-16(2,3)4;1-9-7-5-3-2-4-6(7)8/h9,12-14,26-27H,7-8,10-11,15-20H2,1-6H3,(H,28,29);5-6,8-9,13H,1,7,10-12H2,2-4H3,(H,17,19);2-5,9H,8H2,1H3/b;9-6-,14-8+;. The number of anilines is 2. The van der Waals surface area contributed by atoms with Gasteiger partial charge in [-0.3, -0.25) is 14.4 Å². The minimum absolute atomic E-state index is 0.0614. The van der Waals surface area contributed by atoms with Crippen molar-refractivity contribution in [1.82, 2.24) is 21.3 Å². The van der Waals surface area contributed by atoms with Crippen LogP contribution >= 0.6 is 0 Å². The highest BCUT2D eigenvalue weighted by Gasteiger charge is 2.16. The number of carbonyl (C=O) groups excluding carboxylic acids is 3. The van der Waals surface area contributed by atoms with Crippen molar-refractivity contribution in [3.63, 3.8) is 0 Å². The first-order valence-electron chi connectivity index (χ1n) is 20.8. The van der Waals surface area contributed by atoms with Crippen LogP contribution < -0.4 is 32.3 Å². The molecule has 57 heavy (non-hydrogen) atoms. The number of benzene rings is 1. The second-order valence-corrected chi connectivity index (χ2v) is 17.8. The molecule has 1 aliphatic carbocycles. The minimum atomic E-state index is 0.0614. The van der Waals surface area contributed by atoms with Crippen molar-refractivity contribution >= 4 is 29.5 Å². The van der Waals surface area contributed by atoms with E-state index >= 15 is 0 Å². The van der Waals surface area contributed by atoms with E-state index in [1.165, 1.54) is 24.0 Å². The van der Waals surface area contributed by atoms with Gasteiger partial charge in [0, 0.05) is 45.1 Å². The van der Waals surface area contributed by atoms with Gasteiger partial charge in [-0.25, -0.2) is 0 Å². The molecule has 0 saturated heterocycles. The highest BCUT2D eigenvalue weighted by atomic mass is 16.2. The second-order valence-electron chi connectivity index (χ2n) is 17.8. The van der Waals surface area contributed by atoms with Gasteiger partial charge in [-0.15, -0.1) is 0 Å². The van der Waals surface area contributed by atoms with Crippen molar-refractivity contribution in [1.29, 1.82) is 0 Å². The van der Waals surface area contributed by atoms with Crippen LogP contribution in [0.25, 0.3) is 0 Å². The number of nitrogen functional groups attached to an aromatic ring is 1. The van der Waals surface area contributed by atoms with Crippen LogP contribution in [-0.2, 0) is 14.4 Å². The van der Waals surface area contributed by atoms with Crippen LogP contribution in [-0.4, -0.2) is 64.4 Å². The van der Waals surface area contributed by atoms with Crippen molar-refractivity contribution in [2.75, 3.05) is 57.4 Å². The Morgan fingerprint density at radius 1 is 0.825 bits per heavy atom. The molecule has 1 aromatic rings.